The van der Waals surface area contributed by atoms with Crippen LogP contribution in [0.5, 0.6) is 0 Å². The quantitative estimate of drug-likeness (QED) is 0.602. The van der Waals surface area contributed by atoms with E-state index in [1.807, 2.05) is 11.8 Å². The van der Waals surface area contributed by atoms with Gasteiger partial charge in [0.05, 0.1) is 37.1 Å². The molecule has 0 unspecified atom stereocenters. The molecule has 1 amide bonds. The summed E-state index contributed by atoms with van der Waals surface area (Å²) in [5, 5.41) is 0.360. The van der Waals surface area contributed by atoms with E-state index < -0.39 is 9.84 Å². The molecule has 1 aromatic carbocycles. The fourth-order valence-electron chi connectivity index (χ4n) is 3.81. The van der Waals surface area contributed by atoms with E-state index in [0.29, 0.717) is 40.6 Å². The maximum atomic E-state index is 12.9. The number of sulfone groups is 1. The van der Waals surface area contributed by atoms with Crippen molar-refractivity contribution in [3.05, 3.63) is 51.3 Å². The van der Waals surface area contributed by atoms with Crippen LogP contribution >= 0.6 is 22.9 Å². The molecule has 3 aromatic rings. The van der Waals surface area contributed by atoms with Crippen molar-refractivity contribution in [2.75, 3.05) is 30.3 Å². The number of carbonyl (C=O) groups excluding carboxylic acids is 1. The number of thiazole rings is 1. The topological polar surface area (TPSA) is 103 Å². The molecule has 3 heterocycles. The van der Waals surface area contributed by atoms with Crippen molar-refractivity contribution < 1.29 is 13.2 Å². The summed E-state index contributed by atoms with van der Waals surface area (Å²) in [6, 6.07) is 6.20. The minimum absolute atomic E-state index is 0.0821. The van der Waals surface area contributed by atoms with Crippen LogP contribution in [0.4, 0.5) is 5.69 Å². The number of fused-ring (bicyclic) bond motifs is 1. The van der Waals surface area contributed by atoms with Crippen LogP contribution in [0.3, 0.4) is 0 Å². The van der Waals surface area contributed by atoms with Crippen LogP contribution in [-0.2, 0) is 14.6 Å². The van der Waals surface area contributed by atoms with Crippen LogP contribution in [0.2, 0.25) is 5.02 Å². The van der Waals surface area contributed by atoms with E-state index in [0.717, 1.165) is 0 Å². The lowest BCUT2D eigenvalue weighted by Gasteiger charge is -2.41. The summed E-state index contributed by atoms with van der Waals surface area (Å²) < 4.78 is 26.4. The molecule has 8 nitrogen and oxygen atoms in total. The number of hydrogen-bond acceptors (Lipinski definition) is 7. The van der Waals surface area contributed by atoms with Crippen LogP contribution in [0.15, 0.2) is 45.7 Å². The van der Waals surface area contributed by atoms with Crippen LogP contribution in [0.25, 0.3) is 10.2 Å². The molecule has 1 atom stereocenters. The van der Waals surface area contributed by atoms with Gasteiger partial charge in [-0.15, -0.1) is 11.3 Å². The Morgan fingerprint density at radius 3 is 2.90 bits per heavy atom. The number of piperazine rings is 1. The first-order chi connectivity index (χ1) is 14.8. The average Bonchev–Trinajstić information content (AvgIpc) is 3.21. The van der Waals surface area contributed by atoms with E-state index in [-0.39, 0.29) is 34.6 Å². The Hall–Kier alpha value is -2.43. The Balaban J connectivity index is 1.41. The van der Waals surface area contributed by atoms with Crippen molar-refractivity contribution in [2.45, 2.75) is 24.3 Å². The molecule has 1 saturated heterocycles. The molecule has 1 N–H and O–H groups in total. The van der Waals surface area contributed by atoms with Gasteiger partial charge in [0.2, 0.25) is 11.5 Å². The molecular formula is C20H21ClN4O4S2. The third-order valence-electron chi connectivity index (χ3n) is 5.38. The molecule has 0 aliphatic carbocycles. The summed E-state index contributed by atoms with van der Waals surface area (Å²) in [6.45, 7) is 3.43. The fraction of sp³-hybridized carbons (Fsp3) is 0.350. The summed E-state index contributed by atoms with van der Waals surface area (Å²) in [4.78, 5) is 34.9. The summed E-state index contributed by atoms with van der Waals surface area (Å²) in [5.74, 6) is -0.443. The number of aromatic amines is 1. The highest BCUT2D eigenvalue weighted by Gasteiger charge is 2.29. The maximum absolute atomic E-state index is 12.9. The van der Waals surface area contributed by atoms with Crippen LogP contribution < -0.4 is 10.5 Å². The Kier molecular flexibility index (Phi) is 6.05. The third-order valence-corrected chi connectivity index (χ3v) is 8.44. The van der Waals surface area contributed by atoms with Gasteiger partial charge in [0.1, 0.15) is 0 Å². The number of pyridine rings is 1. The minimum atomic E-state index is -3.61. The molecule has 0 radical (unpaired) electrons. The van der Waals surface area contributed by atoms with Gasteiger partial charge in [0.15, 0.2) is 9.84 Å². The predicted octanol–water partition coefficient (Wildman–Crippen LogP) is 2.54. The standard InChI is InChI=1S/C20H21ClN4O4S2/c1-13-11-24(16-10-22-18(26)9-14(16)21)6-7-25(13)19(27)5-8-31(28,29)17-4-2-3-15-20(17)30-12-23-15/h2-4,9-10,12-13H,5-8,11H2,1H3,(H,22,26)/t13-/m0/s1. The number of nitrogens with zero attached hydrogens (tertiary/aromatic N) is 3. The zero-order valence-corrected chi connectivity index (χ0v) is 19.1. The molecule has 4 rings (SSSR count). The lowest BCUT2D eigenvalue weighted by Crippen LogP contribution is -2.54. The van der Waals surface area contributed by atoms with Gasteiger partial charge >= 0.3 is 0 Å². The molecule has 1 fully saturated rings. The van der Waals surface area contributed by atoms with E-state index in [4.69, 9.17) is 11.6 Å². The van der Waals surface area contributed by atoms with Crippen LogP contribution in [0.1, 0.15) is 13.3 Å². The van der Waals surface area contributed by atoms with Gasteiger partial charge in [0, 0.05) is 44.4 Å². The largest absolute Gasteiger partial charge is 0.365 e. The number of benzene rings is 1. The Morgan fingerprint density at radius 2 is 2.16 bits per heavy atom. The number of anilines is 1. The SMILES string of the molecule is C[C@H]1CN(c2c[nH]c(=O)cc2Cl)CCN1C(=O)CCS(=O)(=O)c1cccc2ncsc12. The molecule has 11 heteroatoms. The molecule has 1 aliphatic heterocycles. The lowest BCUT2D eigenvalue weighted by atomic mass is 10.1. The second-order valence-electron chi connectivity index (χ2n) is 7.44. The highest BCUT2D eigenvalue weighted by atomic mass is 35.5. The normalized spacial score (nSPS) is 17.3. The van der Waals surface area contributed by atoms with Gasteiger partial charge in [-0.3, -0.25) is 9.59 Å². The Labute approximate surface area is 188 Å². The third kappa shape index (κ3) is 4.46. The number of nitrogens with one attached hydrogen (secondary N) is 1. The number of carbonyl (C=O) groups is 1. The predicted molar refractivity (Wildman–Crippen MR) is 122 cm³/mol. The van der Waals surface area contributed by atoms with Crippen LogP contribution in [-0.4, -0.2) is 60.6 Å². The summed E-state index contributed by atoms with van der Waals surface area (Å²) in [5.41, 5.74) is 2.69. The number of aromatic nitrogens is 2. The van der Waals surface area contributed by atoms with Crippen molar-refractivity contribution in [1.29, 1.82) is 0 Å². The molecule has 0 spiro atoms. The first-order valence-electron chi connectivity index (χ1n) is 9.74. The minimum Gasteiger partial charge on any atom is -0.365 e. The molecule has 1 aliphatic rings. The zero-order valence-electron chi connectivity index (χ0n) is 16.7. The van der Waals surface area contributed by atoms with Gasteiger partial charge in [-0.05, 0) is 19.1 Å². The summed E-state index contributed by atoms with van der Waals surface area (Å²) >= 11 is 7.47. The highest BCUT2D eigenvalue weighted by molar-refractivity contribution is 7.91. The molecule has 164 valence electrons. The number of H-pyrrole nitrogens is 1. The van der Waals surface area contributed by atoms with E-state index in [9.17, 15) is 18.0 Å². The first-order valence-corrected chi connectivity index (χ1v) is 12.6. The fourth-order valence-corrected chi connectivity index (χ4v) is 6.64. The first kappa shape index (κ1) is 21.8. The van der Waals surface area contributed by atoms with E-state index >= 15 is 0 Å². The van der Waals surface area contributed by atoms with E-state index in [1.54, 1.807) is 34.8 Å². The lowest BCUT2D eigenvalue weighted by molar-refractivity contribution is -0.133. The smallest absolute Gasteiger partial charge is 0.249 e. The second kappa shape index (κ2) is 8.60. The van der Waals surface area contributed by atoms with Gasteiger partial charge in [-0.2, -0.15) is 0 Å². The van der Waals surface area contributed by atoms with Gasteiger partial charge in [-0.25, -0.2) is 13.4 Å². The van der Waals surface area contributed by atoms with Crippen molar-refractivity contribution in [3.8, 4) is 0 Å². The second-order valence-corrected chi connectivity index (χ2v) is 10.8. The number of amides is 1. The number of hydrogen-bond donors (Lipinski definition) is 1. The van der Waals surface area contributed by atoms with Crippen molar-refractivity contribution in [2.24, 2.45) is 0 Å². The highest BCUT2D eigenvalue weighted by Crippen LogP contribution is 2.28. The van der Waals surface area contributed by atoms with Gasteiger partial charge in [-0.1, -0.05) is 17.7 Å². The van der Waals surface area contributed by atoms with Crippen molar-refractivity contribution in [1.82, 2.24) is 14.9 Å². The summed E-state index contributed by atoms with van der Waals surface area (Å²) in [7, 11) is -3.61. The Bertz CT molecular complexity index is 1290. The van der Waals surface area contributed by atoms with Crippen molar-refractivity contribution in [3.63, 3.8) is 0 Å². The molecule has 0 saturated carbocycles. The molecule has 0 bridgehead atoms. The molecular weight excluding hydrogens is 460 g/mol. The van der Waals surface area contributed by atoms with Gasteiger partial charge < -0.3 is 14.8 Å². The molecule has 2 aromatic heterocycles. The maximum Gasteiger partial charge on any atom is 0.249 e. The number of halogens is 1. The number of rotatable bonds is 5. The zero-order chi connectivity index (χ0) is 22.2. The molecule has 31 heavy (non-hydrogen) atoms. The van der Waals surface area contributed by atoms with Gasteiger partial charge in [0.25, 0.3) is 0 Å². The average molecular weight is 481 g/mol. The summed E-state index contributed by atoms with van der Waals surface area (Å²) in [6.07, 6.45) is 1.49. The van der Waals surface area contributed by atoms with Crippen molar-refractivity contribution >= 4 is 54.6 Å². The van der Waals surface area contributed by atoms with E-state index in [2.05, 4.69) is 9.97 Å². The Morgan fingerprint density at radius 1 is 1.35 bits per heavy atom. The van der Waals surface area contributed by atoms with E-state index in [1.165, 1.54) is 17.4 Å². The monoisotopic (exact) mass is 480 g/mol. The van der Waals surface area contributed by atoms with Crippen LogP contribution in [0, 0.1) is 0 Å².